The third-order valence-electron chi connectivity index (χ3n) is 4.28. The zero-order valence-electron chi connectivity index (χ0n) is 17.2. The maximum absolute atomic E-state index is 6.39. The summed E-state index contributed by atoms with van der Waals surface area (Å²) in [6.45, 7) is 4.60. The van der Waals surface area contributed by atoms with Gasteiger partial charge in [-0.05, 0) is 49.7 Å². The number of halogens is 1. The van der Waals surface area contributed by atoms with Gasteiger partial charge in [-0.1, -0.05) is 35.5 Å². The van der Waals surface area contributed by atoms with Crippen molar-refractivity contribution in [3.63, 3.8) is 0 Å². The van der Waals surface area contributed by atoms with Crippen molar-refractivity contribution < 1.29 is 14.2 Å². The average Bonchev–Trinajstić information content (AvgIpc) is 3.15. The lowest BCUT2D eigenvalue weighted by atomic mass is 10.2. The lowest BCUT2D eigenvalue weighted by molar-refractivity contribution is 0.189. The molecule has 8 heteroatoms. The first-order valence-corrected chi connectivity index (χ1v) is 11.2. The van der Waals surface area contributed by atoms with Crippen LogP contribution in [0.2, 0.25) is 5.02 Å². The smallest absolute Gasteiger partial charge is 0.191 e. The Labute approximate surface area is 186 Å². The molecule has 3 rings (SSSR count). The summed E-state index contributed by atoms with van der Waals surface area (Å²) in [5.41, 5.74) is 0.876. The van der Waals surface area contributed by atoms with Crippen molar-refractivity contribution in [1.29, 1.82) is 0 Å². The summed E-state index contributed by atoms with van der Waals surface area (Å²) in [5.74, 6) is 3.18. The molecule has 0 amide bonds. The molecule has 160 valence electrons. The second-order valence-electron chi connectivity index (χ2n) is 6.39. The Hall–Kier alpha value is -2.22. The van der Waals surface area contributed by atoms with Crippen LogP contribution in [0.25, 0.3) is 11.4 Å². The normalized spacial score (nSPS) is 10.9. The van der Waals surface area contributed by atoms with Crippen molar-refractivity contribution in [2.45, 2.75) is 25.0 Å². The van der Waals surface area contributed by atoms with E-state index >= 15 is 0 Å². The molecule has 0 N–H and O–H groups in total. The Morgan fingerprint density at radius 3 is 2.40 bits per heavy atom. The third-order valence-corrected chi connectivity index (χ3v) is 5.54. The fourth-order valence-corrected chi connectivity index (χ4v) is 3.90. The van der Waals surface area contributed by atoms with Crippen molar-refractivity contribution in [3.05, 3.63) is 53.6 Å². The molecule has 0 spiro atoms. The van der Waals surface area contributed by atoms with Gasteiger partial charge in [-0.3, -0.25) is 0 Å². The molecule has 0 aliphatic rings. The second-order valence-corrected chi connectivity index (χ2v) is 7.85. The first kappa shape index (κ1) is 22.5. The Balaban J connectivity index is 1.62. The lowest BCUT2D eigenvalue weighted by Gasteiger charge is -2.11. The van der Waals surface area contributed by atoms with Gasteiger partial charge in [0.15, 0.2) is 11.0 Å². The molecule has 2 aromatic carbocycles. The number of thioether (sulfide) groups is 1. The van der Waals surface area contributed by atoms with Gasteiger partial charge in [-0.2, -0.15) is 0 Å². The summed E-state index contributed by atoms with van der Waals surface area (Å²) >= 11 is 8.00. The number of rotatable bonds is 12. The van der Waals surface area contributed by atoms with Crippen molar-refractivity contribution in [1.82, 2.24) is 14.8 Å². The van der Waals surface area contributed by atoms with Crippen molar-refractivity contribution >= 4 is 23.4 Å². The van der Waals surface area contributed by atoms with Gasteiger partial charge in [0, 0.05) is 31.6 Å². The van der Waals surface area contributed by atoms with Gasteiger partial charge in [-0.25, -0.2) is 0 Å². The summed E-state index contributed by atoms with van der Waals surface area (Å²) < 4.78 is 18.6. The molecule has 0 aliphatic heterocycles. The van der Waals surface area contributed by atoms with Gasteiger partial charge in [0.25, 0.3) is 0 Å². The van der Waals surface area contributed by atoms with E-state index in [4.69, 9.17) is 25.8 Å². The summed E-state index contributed by atoms with van der Waals surface area (Å²) in [6, 6.07) is 15.3. The molecule has 30 heavy (non-hydrogen) atoms. The first-order chi connectivity index (χ1) is 14.7. The van der Waals surface area contributed by atoms with Crippen molar-refractivity contribution in [2.24, 2.45) is 0 Å². The molecule has 0 unspecified atom stereocenters. The largest absolute Gasteiger partial charge is 0.494 e. The quantitative estimate of drug-likeness (QED) is 0.281. The molecule has 0 fully saturated rings. The van der Waals surface area contributed by atoms with Crippen molar-refractivity contribution in [3.8, 4) is 22.9 Å². The van der Waals surface area contributed by atoms with Crippen molar-refractivity contribution in [2.75, 3.05) is 32.7 Å². The number of hydrogen-bond acceptors (Lipinski definition) is 6. The van der Waals surface area contributed by atoms with Crippen LogP contribution in [0.15, 0.2) is 53.7 Å². The topological polar surface area (TPSA) is 58.4 Å². The molecule has 0 atom stereocenters. The fraction of sp³-hybridized carbons (Fsp3) is 0.364. The minimum absolute atomic E-state index is 0.561. The van der Waals surface area contributed by atoms with Gasteiger partial charge < -0.3 is 18.8 Å². The summed E-state index contributed by atoms with van der Waals surface area (Å²) in [4.78, 5) is 0. The standard InChI is InChI=1S/C22H26ClN3O3S/c1-3-28-17-9-11-18(12-10-17)29-15-16-30-22-25-24-21(26(22)13-6-14-27-2)19-7-4-5-8-20(19)23/h4-5,7-12H,3,6,13-16H2,1-2H3. The van der Waals surface area contributed by atoms with E-state index in [-0.39, 0.29) is 0 Å². The molecule has 1 heterocycles. The Morgan fingerprint density at radius 1 is 0.967 bits per heavy atom. The van der Waals surface area contributed by atoms with E-state index in [1.54, 1.807) is 18.9 Å². The minimum Gasteiger partial charge on any atom is -0.494 e. The highest BCUT2D eigenvalue weighted by molar-refractivity contribution is 7.99. The van der Waals surface area contributed by atoms with E-state index in [0.717, 1.165) is 46.8 Å². The number of nitrogens with zero attached hydrogens (tertiary/aromatic N) is 3. The summed E-state index contributed by atoms with van der Waals surface area (Å²) in [5, 5.41) is 10.3. The van der Waals surface area contributed by atoms with Gasteiger partial charge in [-0.15, -0.1) is 10.2 Å². The van der Waals surface area contributed by atoms with E-state index in [2.05, 4.69) is 14.8 Å². The van der Waals surface area contributed by atoms with Gasteiger partial charge in [0.05, 0.1) is 18.2 Å². The number of ether oxygens (including phenoxy) is 3. The molecule has 3 aromatic rings. The van der Waals surface area contributed by atoms with Crippen LogP contribution in [0.4, 0.5) is 0 Å². The molecule has 0 bridgehead atoms. The van der Waals surface area contributed by atoms with Crippen LogP contribution < -0.4 is 9.47 Å². The molecule has 6 nitrogen and oxygen atoms in total. The van der Waals surface area contributed by atoms with E-state index in [9.17, 15) is 0 Å². The summed E-state index contributed by atoms with van der Waals surface area (Å²) in [7, 11) is 1.70. The molecule has 0 radical (unpaired) electrons. The average molecular weight is 448 g/mol. The molecule has 1 aromatic heterocycles. The first-order valence-electron chi connectivity index (χ1n) is 9.88. The molecule has 0 saturated heterocycles. The lowest BCUT2D eigenvalue weighted by Crippen LogP contribution is -2.07. The minimum atomic E-state index is 0.561. The fourth-order valence-electron chi connectivity index (χ4n) is 2.90. The Kier molecular flexibility index (Phi) is 8.86. The van der Waals surface area contributed by atoms with Gasteiger partial charge >= 0.3 is 0 Å². The summed E-state index contributed by atoms with van der Waals surface area (Å²) in [6.07, 6.45) is 0.863. The monoisotopic (exact) mass is 447 g/mol. The van der Waals surface area contributed by atoms with E-state index in [0.29, 0.717) is 24.8 Å². The van der Waals surface area contributed by atoms with Crippen LogP contribution in [0, 0.1) is 0 Å². The highest BCUT2D eigenvalue weighted by Crippen LogP contribution is 2.29. The maximum atomic E-state index is 6.39. The van der Waals surface area contributed by atoms with Crippen LogP contribution >= 0.6 is 23.4 Å². The van der Waals surface area contributed by atoms with Crippen LogP contribution in [0.5, 0.6) is 11.5 Å². The molecular weight excluding hydrogens is 422 g/mol. The van der Waals surface area contributed by atoms with Crippen LogP contribution in [-0.4, -0.2) is 47.4 Å². The maximum Gasteiger partial charge on any atom is 0.191 e. The number of methoxy groups -OCH3 is 1. The van der Waals surface area contributed by atoms with E-state index in [1.807, 2.05) is 55.5 Å². The van der Waals surface area contributed by atoms with Crippen LogP contribution in [0.1, 0.15) is 13.3 Å². The van der Waals surface area contributed by atoms with Crippen LogP contribution in [0.3, 0.4) is 0 Å². The molecular formula is C22H26ClN3O3S. The number of aromatic nitrogens is 3. The number of benzene rings is 2. The highest BCUT2D eigenvalue weighted by atomic mass is 35.5. The zero-order chi connectivity index (χ0) is 21.2. The predicted octanol–water partition coefficient (Wildman–Crippen LogP) is 5.20. The van der Waals surface area contributed by atoms with E-state index < -0.39 is 0 Å². The van der Waals surface area contributed by atoms with Gasteiger partial charge in [0.2, 0.25) is 0 Å². The van der Waals surface area contributed by atoms with E-state index in [1.165, 1.54) is 0 Å². The molecule has 0 saturated carbocycles. The Morgan fingerprint density at radius 2 is 1.70 bits per heavy atom. The Bertz CT molecular complexity index is 918. The zero-order valence-corrected chi connectivity index (χ0v) is 18.8. The van der Waals surface area contributed by atoms with Crippen LogP contribution in [-0.2, 0) is 11.3 Å². The predicted molar refractivity (Wildman–Crippen MR) is 121 cm³/mol. The van der Waals surface area contributed by atoms with Gasteiger partial charge in [0.1, 0.15) is 11.5 Å². The second kappa shape index (κ2) is 11.8. The highest BCUT2D eigenvalue weighted by Gasteiger charge is 2.16. The third kappa shape index (κ3) is 6.14. The SMILES string of the molecule is CCOc1ccc(OCCSc2nnc(-c3ccccc3Cl)n2CCCOC)cc1. The molecule has 0 aliphatic carbocycles. The number of hydrogen-bond donors (Lipinski definition) is 0.